The van der Waals surface area contributed by atoms with Crippen molar-refractivity contribution in [3.63, 3.8) is 0 Å². The number of pyridine rings is 1. The summed E-state index contributed by atoms with van der Waals surface area (Å²) in [6.45, 7) is 3.81. The number of rotatable bonds is 4. The quantitative estimate of drug-likeness (QED) is 0.822. The lowest BCUT2D eigenvalue weighted by molar-refractivity contribution is 0.0459. The summed E-state index contributed by atoms with van der Waals surface area (Å²) in [5.74, 6) is 0.0537. The second-order valence-electron chi connectivity index (χ2n) is 3.85. The van der Waals surface area contributed by atoms with Crippen LogP contribution in [0.25, 0.3) is 0 Å². The van der Waals surface area contributed by atoms with E-state index in [0.717, 1.165) is 0 Å². The van der Waals surface area contributed by atoms with Crippen LogP contribution in [0.5, 0.6) is 0 Å². The first-order chi connectivity index (χ1) is 7.47. The number of hydrogen-bond acceptors (Lipinski definition) is 4. The Morgan fingerprint density at radius 2 is 2.19 bits per heavy atom. The van der Waals surface area contributed by atoms with Gasteiger partial charge in [0.15, 0.2) is 5.78 Å². The number of ether oxygens (including phenoxy) is 1. The smallest absolute Gasteiger partial charge is 0.195 e. The minimum absolute atomic E-state index is 0.0656. The highest BCUT2D eigenvalue weighted by Gasteiger charge is 2.25. The van der Waals surface area contributed by atoms with Crippen molar-refractivity contribution in [2.45, 2.75) is 20.0 Å². The number of carbonyl (C=O) groups is 1. The first-order valence-corrected chi connectivity index (χ1v) is 5.33. The molecule has 0 bridgehead atoms. The number of nitrogen functional groups attached to an aromatic ring is 1. The summed E-state index contributed by atoms with van der Waals surface area (Å²) in [4.78, 5) is 15.9. The van der Waals surface area contributed by atoms with Crippen molar-refractivity contribution >= 4 is 23.2 Å². The Morgan fingerprint density at radius 3 is 2.69 bits per heavy atom. The van der Waals surface area contributed by atoms with Crippen molar-refractivity contribution in [2.24, 2.45) is 5.92 Å². The number of aromatic nitrogens is 1. The summed E-state index contributed by atoms with van der Waals surface area (Å²) in [5, 5.41) is 0.385. The molecule has 1 rings (SSSR count). The molecule has 0 saturated carbocycles. The van der Waals surface area contributed by atoms with Crippen LogP contribution in [-0.4, -0.2) is 24.0 Å². The largest absolute Gasteiger partial charge is 0.383 e. The van der Waals surface area contributed by atoms with Crippen molar-refractivity contribution in [2.75, 3.05) is 12.8 Å². The van der Waals surface area contributed by atoms with E-state index < -0.39 is 6.10 Å². The molecule has 0 amide bonds. The number of ketones is 1. The SMILES string of the molecule is COC(C(=O)c1cc(Cl)cnc1N)C(C)C. The Hall–Kier alpha value is -1.13. The molecule has 2 N–H and O–H groups in total. The Bertz CT molecular complexity index is 394. The minimum atomic E-state index is -0.525. The highest BCUT2D eigenvalue weighted by molar-refractivity contribution is 6.31. The third-order valence-corrected chi connectivity index (χ3v) is 2.48. The average molecular weight is 243 g/mol. The van der Waals surface area contributed by atoms with Gasteiger partial charge in [-0.2, -0.15) is 0 Å². The van der Waals surface area contributed by atoms with Crippen LogP contribution in [0.15, 0.2) is 12.3 Å². The van der Waals surface area contributed by atoms with E-state index in [9.17, 15) is 4.79 Å². The number of halogens is 1. The molecule has 1 unspecified atom stereocenters. The molecule has 0 aliphatic rings. The van der Waals surface area contributed by atoms with Crippen LogP contribution in [0.3, 0.4) is 0 Å². The van der Waals surface area contributed by atoms with Gasteiger partial charge in [0.05, 0.1) is 10.6 Å². The van der Waals surface area contributed by atoms with Crippen LogP contribution in [0.2, 0.25) is 5.02 Å². The van der Waals surface area contributed by atoms with Crippen LogP contribution >= 0.6 is 11.6 Å². The summed E-state index contributed by atoms with van der Waals surface area (Å²) < 4.78 is 5.15. The molecule has 0 aliphatic carbocycles. The van der Waals surface area contributed by atoms with Crippen LogP contribution in [-0.2, 0) is 4.74 Å². The van der Waals surface area contributed by atoms with Crippen molar-refractivity contribution < 1.29 is 9.53 Å². The third-order valence-electron chi connectivity index (χ3n) is 2.27. The molecule has 0 spiro atoms. The number of carbonyl (C=O) groups excluding carboxylic acids is 1. The number of nitrogens with zero attached hydrogens (tertiary/aromatic N) is 1. The molecule has 1 aromatic rings. The molecule has 1 heterocycles. The molecule has 88 valence electrons. The summed E-state index contributed by atoms with van der Waals surface area (Å²) in [6.07, 6.45) is 0.882. The lowest BCUT2D eigenvalue weighted by Gasteiger charge is -2.18. The Labute approximate surface area is 99.8 Å². The van der Waals surface area contributed by atoms with E-state index in [4.69, 9.17) is 22.1 Å². The van der Waals surface area contributed by atoms with Gasteiger partial charge in [0.1, 0.15) is 11.9 Å². The normalized spacial score (nSPS) is 12.8. The van der Waals surface area contributed by atoms with E-state index in [-0.39, 0.29) is 17.5 Å². The maximum Gasteiger partial charge on any atom is 0.195 e. The number of nitrogens with two attached hydrogens (primary N) is 1. The van der Waals surface area contributed by atoms with Crippen LogP contribution in [0.1, 0.15) is 24.2 Å². The Balaban J connectivity index is 3.08. The maximum absolute atomic E-state index is 12.1. The second kappa shape index (κ2) is 5.27. The molecular formula is C11H15ClN2O2. The first-order valence-electron chi connectivity index (χ1n) is 4.95. The minimum Gasteiger partial charge on any atom is -0.383 e. The number of anilines is 1. The van der Waals surface area contributed by atoms with Crippen LogP contribution in [0.4, 0.5) is 5.82 Å². The molecule has 4 nitrogen and oxygen atoms in total. The van der Waals surface area contributed by atoms with Crippen molar-refractivity contribution in [1.82, 2.24) is 4.98 Å². The predicted molar refractivity (Wildman–Crippen MR) is 63.6 cm³/mol. The van der Waals surface area contributed by atoms with Gasteiger partial charge < -0.3 is 10.5 Å². The van der Waals surface area contributed by atoms with Gasteiger partial charge >= 0.3 is 0 Å². The van der Waals surface area contributed by atoms with Gasteiger partial charge in [-0.3, -0.25) is 4.79 Å². The molecule has 1 aromatic heterocycles. The van der Waals surface area contributed by atoms with Gasteiger partial charge in [-0.15, -0.1) is 0 Å². The third kappa shape index (κ3) is 2.71. The predicted octanol–water partition coefficient (Wildman–Crippen LogP) is 2.17. The zero-order valence-corrected chi connectivity index (χ0v) is 10.3. The van der Waals surface area contributed by atoms with Crippen LogP contribution in [0, 0.1) is 5.92 Å². The standard InChI is InChI=1S/C11H15ClN2O2/c1-6(2)10(16-3)9(15)8-4-7(12)5-14-11(8)13/h4-6,10H,1-3H3,(H2,13,14). The van der Waals surface area contributed by atoms with E-state index in [1.165, 1.54) is 19.4 Å². The summed E-state index contributed by atoms with van der Waals surface area (Å²) >= 11 is 5.78. The molecule has 5 heteroatoms. The monoisotopic (exact) mass is 242 g/mol. The highest BCUT2D eigenvalue weighted by atomic mass is 35.5. The zero-order valence-electron chi connectivity index (χ0n) is 9.53. The molecule has 0 aromatic carbocycles. The Kier molecular flexibility index (Phi) is 4.26. The number of Topliss-reactive ketones (excluding diaryl/α,β-unsaturated/α-hetero) is 1. The average Bonchev–Trinajstić information content (AvgIpc) is 2.22. The number of hydrogen-bond donors (Lipinski definition) is 1. The molecule has 16 heavy (non-hydrogen) atoms. The molecule has 0 fully saturated rings. The molecule has 1 atom stereocenters. The fraction of sp³-hybridized carbons (Fsp3) is 0.455. The fourth-order valence-electron chi connectivity index (χ4n) is 1.48. The summed E-state index contributed by atoms with van der Waals surface area (Å²) in [5.41, 5.74) is 5.95. The second-order valence-corrected chi connectivity index (χ2v) is 4.29. The van der Waals surface area contributed by atoms with E-state index in [1.54, 1.807) is 0 Å². The lowest BCUT2D eigenvalue weighted by Crippen LogP contribution is -2.29. The first kappa shape index (κ1) is 12.9. The number of methoxy groups -OCH3 is 1. The van der Waals surface area contributed by atoms with Gasteiger partial charge in [-0.05, 0) is 12.0 Å². The molecule has 0 aliphatic heterocycles. The summed E-state index contributed by atoms with van der Waals surface area (Å²) in [6, 6.07) is 1.51. The van der Waals surface area contributed by atoms with Crippen molar-refractivity contribution in [1.29, 1.82) is 0 Å². The fourth-order valence-corrected chi connectivity index (χ4v) is 1.64. The van der Waals surface area contributed by atoms with E-state index in [0.29, 0.717) is 10.6 Å². The van der Waals surface area contributed by atoms with Gasteiger partial charge in [0.25, 0.3) is 0 Å². The summed E-state index contributed by atoms with van der Waals surface area (Å²) in [7, 11) is 1.50. The maximum atomic E-state index is 12.1. The van der Waals surface area contributed by atoms with Crippen molar-refractivity contribution in [3.8, 4) is 0 Å². The van der Waals surface area contributed by atoms with Gasteiger partial charge in [0.2, 0.25) is 0 Å². The lowest BCUT2D eigenvalue weighted by atomic mass is 9.98. The topological polar surface area (TPSA) is 65.2 Å². The van der Waals surface area contributed by atoms with Crippen molar-refractivity contribution in [3.05, 3.63) is 22.8 Å². The van der Waals surface area contributed by atoms with Gasteiger partial charge in [-0.1, -0.05) is 25.4 Å². The van der Waals surface area contributed by atoms with E-state index in [2.05, 4.69) is 4.98 Å². The highest BCUT2D eigenvalue weighted by Crippen LogP contribution is 2.20. The van der Waals surface area contributed by atoms with Crippen LogP contribution < -0.4 is 5.73 Å². The zero-order chi connectivity index (χ0) is 12.3. The Morgan fingerprint density at radius 1 is 1.56 bits per heavy atom. The molecule has 0 radical (unpaired) electrons. The van der Waals surface area contributed by atoms with E-state index >= 15 is 0 Å². The van der Waals surface area contributed by atoms with E-state index in [1.807, 2.05) is 13.8 Å². The van der Waals surface area contributed by atoms with Gasteiger partial charge in [0, 0.05) is 13.3 Å². The van der Waals surface area contributed by atoms with Gasteiger partial charge in [-0.25, -0.2) is 4.98 Å². The molecular weight excluding hydrogens is 228 g/mol. The molecule has 0 saturated heterocycles.